The molecular formula is C17H17BrFNO. The predicted octanol–water partition coefficient (Wildman–Crippen LogP) is 4.81. The fourth-order valence-electron chi connectivity index (χ4n) is 2.00. The van der Waals surface area contributed by atoms with Gasteiger partial charge in [0, 0.05) is 4.47 Å². The second kappa shape index (κ2) is 5.98. The van der Waals surface area contributed by atoms with Crippen molar-refractivity contribution in [1.29, 1.82) is 0 Å². The van der Waals surface area contributed by atoms with Crippen molar-refractivity contribution in [3.05, 3.63) is 63.9 Å². The van der Waals surface area contributed by atoms with E-state index in [1.54, 1.807) is 12.1 Å². The molecule has 2 nitrogen and oxygen atoms in total. The van der Waals surface area contributed by atoms with Crippen LogP contribution >= 0.6 is 15.9 Å². The fraction of sp³-hybridized carbons (Fsp3) is 0.235. The summed E-state index contributed by atoms with van der Waals surface area (Å²) in [4.78, 5) is 12.5. The second-order valence-corrected chi connectivity index (χ2v) is 6.42. The number of halogens is 2. The van der Waals surface area contributed by atoms with E-state index in [0.29, 0.717) is 0 Å². The highest BCUT2D eigenvalue weighted by atomic mass is 79.9. The number of carbonyl (C=O) groups excluding carboxylic acids is 1. The summed E-state index contributed by atoms with van der Waals surface area (Å²) < 4.78 is 13.8. The molecule has 0 radical (unpaired) electrons. The molecule has 2 aromatic rings. The number of nitrogens with one attached hydrogen (secondary N) is 1. The van der Waals surface area contributed by atoms with Crippen LogP contribution in [0.25, 0.3) is 0 Å². The lowest BCUT2D eigenvalue weighted by molar-refractivity contribution is -0.120. The van der Waals surface area contributed by atoms with Crippen LogP contribution in [-0.4, -0.2) is 5.91 Å². The quantitative estimate of drug-likeness (QED) is 0.845. The molecule has 0 aliphatic heterocycles. The second-order valence-electron chi connectivity index (χ2n) is 5.57. The Morgan fingerprint density at radius 2 is 1.76 bits per heavy atom. The summed E-state index contributed by atoms with van der Waals surface area (Å²) in [5.74, 6) is -0.449. The van der Waals surface area contributed by atoms with E-state index >= 15 is 0 Å². The third-order valence-corrected chi connectivity index (χ3v) is 4.16. The highest BCUT2D eigenvalue weighted by Gasteiger charge is 2.30. The molecule has 2 rings (SSSR count). The van der Waals surface area contributed by atoms with Gasteiger partial charge >= 0.3 is 0 Å². The number of amides is 1. The molecule has 1 amide bonds. The van der Waals surface area contributed by atoms with Gasteiger partial charge in [0.1, 0.15) is 5.82 Å². The van der Waals surface area contributed by atoms with Crippen molar-refractivity contribution in [2.45, 2.75) is 26.2 Å². The van der Waals surface area contributed by atoms with Gasteiger partial charge in [-0.25, -0.2) is 4.39 Å². The molecule has 0 heterocycles. The van der Waals surface area contributed by atoms with Crippen molar-refractivity contribution < 1.29 is 9.18 Å². The van der Waals surface area contributed by atoms with E-state index in [9.17, 15) is 9.18 Å². The minimum Gasteiger partial charge on any atom is -0.324 e. The average molecular weight is 350 g/mol. The highest BCUT2D eigenvalue weighted by Crippen LogP contribution is 2.28. The monoisotopic (exact) mass is 349 g/mol. The van der Waals surface area contributed by atoms with E-state index in [-0.39, 0.29) is 11.7 Å². The number of carbonyl (C=O) groups is 1. The summed E-state index contributed by atoms with van der Waals surface area (Å²) in [5.41, 5.74) is 1.85. The Labute approximate surface area is 132 Å². The van der Waals surface area contributed by atoms with Crippen molar-refractivity contribution in [3.8, 4) is 0 Å². The first-order valence-electron chi connectivity index (χ1n) is 6.64. The summed E-state index contributed by atoms with van der Waals surface area (Å²) >= 11 is 3.44. The third-order valence-electron chi connectivity index (χ3n) is 3.51. The van der Waals surface area contributed by atoms with Gasteiger partial charge in [0.15, 0.2) is 0 Å². The fourth-order valence-corrected chi connectivity index (χ4v) is 2.59. The summed E-state index contributed by atoms with van der Waals surface area (Å²) in [6, 6.07) is 11.8. The van der Waals surface area contributed by atoms with Gasteiger partial charge in [-0.05, 0) is 72.1 Å². The highest BCUT2D eigenvalue weighted by molar-refractivity contribution is 9.10. The van der Waals surface area contributed by atoms with Crippen LogP contribution in [0.4, 0.5) is 10.1 Å². The van der Waals surface area contributed by atoms with E-state index in [1.807, 2.05) is 39.0 Å². The maximum Gasteiger partial charge on any atom is 0.234 e. The maximum absolute atomic E-state index is 13.0. The topological polar surface area (TPSA) is 29.1 Å². The molecule has 21 heavy (non-hydrogen) atoms. The first-order valence-corrected chi connectivity index (χ1v) is 7.43. The van der Waals surface area contributed by atoms with Crippen molar-refractivity contribution in [2.24, 2.45) is 0 Å². The van der Waals surface area contributed by atoms with Crippen LogP contribution in [-0.2, 0) is 10.2 Å². The van der Waals surface area contributed by atoms with Gasteiger partial charge in [0.2, 0.25) is 5.91 Å². The molecular weight excluding hydrogens is 333 g/mol. The van der Waals surface area contributed by atoms with E-state index in [0.717, 1.165) is 21.3 Å². The van der Waals surface area contributed by atoms with Crippen LogP contribution in [0.5, 0.6) is 0 Å². The molecule has 1 N–H and O–H groups in total. The summed E-state index contributed by atoms with van der Waals surface area (Å²) in [6.45, 7) is 5.62. The number of anilines is 1. The van der Waals surface area contributed by atoms with Crippen LogP contribution in [0.2, 0.25) is 0 Å². The molecule has 0 unspecified atom stereocenters. The molecule has 0 atom stereocenters. The minimum absolute atomic E-state index is 0.140. The molecule has 4 heteroatoms. The van der Waals surface area contributed by atoms with Gasteiger partial charge in [-0.3, -0.25) is 4.79 Å². The van der Waals surface area contributed by atoms with Crippen LogP contribution in [0, 0.1) is 12.7 Å². The van der Waals surface area contributed by atoms with Crippen LogP contribution in [0.15, 0.2) is 46.9 Å². The standard InChI is InChI=1S/C17H17BrFNO/c1-11-4-9-15(14(18)10-11)20-16(21)17(2,3)12-5-7-13(19)8-6-12/h4-10H,1-3H3,(H,20,21). The largest absolute Gasteiger partial charge is 0.324 e. The number of rotatable bonds is 3. The first-order chi connectivity index (χ1) is 9.80. The number of aryl methyl sites for hydroxylation is 1. The zero-order valence-corrected chi connectivity index (χ0v) is 13.8. The van der Waals surface area contributed by atoms with Crippen LogP contribution in [0.1, 0.15) is 25.0 Å². The van der Waals surface area contributed by atoms with Crippen molar-refractivity contribution in [1.82, 2.24) is 0 Å². The van der Waals surface area contributed by atoms with E-state index < -0.39 is 5.41 Å². The van der Waals surface area contributed by atoms with E-state index in [1.165, 1.54) is 12.1 Å². The van der Waals surface area contributed by atoms with Gasteiger partial charge in [0.05, 0.1) is 11.1 Å². The Kier molecular flexibility index (Phi) is 4.47. The molecule has 0 fully saturated rings. The first kappa shape index (κ1) is 15.7. The normalized spacial score (nSPS) is 11.3. The lowest BCUT2D eigenvalue weighted by atomic mass is 9.83. The third kappa shape index (κ3) is 3.50. The van der Waals surface area contributed by atoms with Gasteiger partial charge in [0.25, 0.3) is 0 Å². The van der Waals surface area contributed by atoms with Crippen molar-refractivity contribution >= 4 is 27.5 Å². The van der Waals surface area contributed by atoms with Crippen LogP contribution in [0.3, 0.4) is 0 Å². The molecule has 0 bridgehead atoms. The molecule has 110 valence electrons. The molecule has 0 aliphatic carbocycles. The zero-order valence-electron chi connectivity index (χ0n) is 12.2. The SMILES string of the molecule is Cc1ccc(NC(=O)C(C)(C)c2ccc(F)cc2)c(Br)c1. The molecule has 0 saturated carbocycles. The Balaban J connectivity index is 2.24. The van der Waals surface area contributed by atoms with Gasteiger partial charge in [-0.1, -0.05) is 18.2 Å². The molecule has 0 spiro atoms. The Hall–Kier alpha value is -1.68. The molecule has 0 aliphatic rings. The van der Waals surface area contributed by atoms with E-state index in [2.05, 4.69) is 21.2 Å². The molecule has 0 saturated heterocycles. The van der Waals surface area contributed by atoms with Gasteiger partial charge in [-0.2, -0.15) is 0 Å². The Bertz CT molecular complexity index is 665. The summed E-state index contributed by atoms with van der Waals surface area (Å²) in [5, 5.41) is 2.91. The van der Waals surface area contributed by atoms with Gasteiger partial charge < -0.3 is 5.32 Å². The van der Waals surface area contributed by atoms with Crippen LogP contribution < -0.4 is 5.32 Å². The zero-order chi connectivity index (χ0) is 15.6. The Morgan fingerprint density at radius 3 is 2.33 bits per heavy atom. The Morgan fingerprint density at radius 1 is 1.14 bits per heavy atom. The summed E-state index contributed by atoms with van der Waals surface area (Å²) in [7, 11) is 0. The maximum atomic E-state index is 13.0. The lowest BCUT2D eigenvalue weighted by Gasteiger charge is -2.24. The van der Waals surface area contributed by atoms with Crippen molar-refractivity contribution in [2.75, 3.05) is 5.32 Å². The summed E-state index contributed by atoms with van der Waals surface area (Å²) in [6.07, 6.45) is 0. The molecule has 0 aromatic heterocycles. The number of hydrogen-bond donors (Lipinski definition) is 1. The smallest absolute Gasteiger partial charge is 0.234 e. The van der Waals surface area contributed by atoms with Crippen molar-refractivity contribution in [3.63, 3.8) is 0 Å². The lowest BCUT2D eigenvalue weighted by Crippen LogP contribution is -2.34. The van der Waals surface area contributed by atoms with E-state index in [4.69, 9.17) is 0 Å². The average Bonchev–Trinajstić information content (AvgIpc) is 2.42. The minimum atomic E-state index is -0.752. The van der Waals surface area contributed by atoms with Gasteiger partial charge in [-0.15, -0.1) is 0 Å². The predicted molar refractivity (Wildman–Crippen MR) is 86.9 cm³/mol. The number of benzene rings is 2. The molecule has 2 aromatic carbocycles. The number of hydrogen-bond acceptors (Lipinski definition) is 1.